The molecule has 0 radical (unpaired) electrons. The fraction of sp³-hybridized carbons (Fsp3) is 0.188. The first-order valence-electron chi connectivity index (χ1n) is 7.47. The summed E-state index contributed by atoms with van der Waals surface area (Å²) in [4.78, 5) is 0.141. The number of methoxy groups -OCH3 is 1. The molecule has 1 heterocycles. The van der Waals surface area contributed by atoms with Crippen molar-refractivity contribution in [1.29, 1.82) is 0 Å². The van der Waals surface area contributed by atoms with Gasteiger partial charge >= 0.3 is 0 Å². The predicted molar refractivity (Wildman–Crippen MR) is 90.9 cm³/mol. The highest BCUT2D eigenvalue weighted by atomic mass is 32.2. The largest absolute Gasteiger partial charge is 0.497 e. The number of aromatic nitrogens is 4. The fourth-order valence-electron chi connectivity index (χ4n) is 2.20. The predicted octanol–water partition coefficient (Wildman–Crippen LogP) is 1.46. The monoisotopic (exact) mass is 359 g/mol. The minimum Gasteiger partial charge on any atom is -0.497 e. The van der Waals surface area contributed by atoms with Gasteiger partial charge < -0.3 is 4.74 Å². The molecule has 1 aromatic heterocycles. The van der Waals surface area contributed by atoms with E-state index in [1.807, 2.05) is 31.2 Å². The van der Waals surface area contributed by atoms with Crippen LogP contribution in [0.4, 0.5) is 0 Å². The van der Waals surface area contributed by atoms with Crippen molar-refractivity contribution < 1.29 is 13.2 Å². The molecule has 2 aromatic carbocycles. The van der Waals surface area contributed by atoms with Gasteiger partial charge in [0.25, 0.3) is 0 Å². The Morgan fingerprint density at radius 1 is 1.08 bits per heavy atom. The van der Waals surface area contributed by atoms with Crippen LogP contribution in [0.15, 0.2) is 53.4 Å². The van der Waals surface area contributed by atoms with Crippen LogP contribution in [0.1, 0.15) is 11.4 Å². The second-order valence-electron chi connectivity index (χ2n) is 5.34. The van der Waals surface area contributed by atoms with Crippen LogP contribution in [0.25, 0.3) is 5.69 Å². The Hall–Kier alpha value is -2.78. The summed E-state index contributed by atoms with van der Waals surface area (Å²) in [7, 11) is -2.16. The van der Waals surface area contributed by atoms with Crippen molar-refractivity contribution in [1.82, 2.24) is 24.9 Å². The zero-order chi connectivity index (χ0) is 17.9. The summed E-state index contributed by atoms with van der Waals surface area (Å²) in [5.41, 5.74) is 1.87. The lowest BCUT2D eigenvalue weighted by Gasteiger charge is -2.08. The molecule has 9 heteroatoms. The topological polar surface area (TPSA) is 99.0 Å². The minimum absolute atomic E-state index is 0.0325. The molecule has 0 aliphatic rings. The highest BCUT2D eigenvalue weighted by Crippen LogP contribution is 2.16. The third-order valence-corrected chi connectivity index (χ3v) is 5.02. The van der Waals surface area contributed by atoms with Crippen molar-refractivity contribution in [2.75, 3.05) is 7.11 Å². The van der Waals surface area contributed by atoms with Crippen LogP contribution in [-0.2, 0) is 16.6 Å². The van der Waals surface area contributed by atoms with E-state index in [1.54, 1.807) is 12.1 Å². The Balaban J connectivity index is 1.77. The maximum absolute atomic E-state index is 12.4. The second kappa shape index (κ2) is 6.99. The van der Waals surface area contributed by atoms with Crippen LogP contribution in [0.5, 0.6) is 5.75 Å². The molecule has 0 amide bonds. The molecule has 1 N–H and O–H groups in total. The van der Waals surface area contributed by atoms with E-state index in [0.29, 0.717) is 11.6 Å². The lowest BCUT2D eigenvalue weighted by atomic mass is 10.2. The van der Waals surface area contributed by atoms with Gasteiger partial charge in [-0.1, -0.05) is 17.7 Å². The normalized spacial score (nSPS) is 11.4. The molecule has 0 spiro atoms. The highest BCUT2D eigenvalue weighted by Gasteiger charge is 2.16. The fourth-order valence-corrected chi connectivity index (χ4v) is 3.18. The summed E-state index contributed by atoms with van der Waals surface area (Å²) in [5, 5.41) is 11.4. The van der Waals surface area contributed by atoms with E-state index in [0.717, 1.165) is 11.3 Å². The maximum Gasteiger partial charge on any atom is 0.240 e. The molecule has 130 valence electrons. The smallest absolute Gasteiger partial charge is 0.240 e. The summed E-state index contributed by atoms with van der Waals surface area (Å²) < 4.78 is 33.8. The molecule has 0 unspecified atom stereocenters. The number of tetrazole rings is 1. The van der Waals surface area contributed by atoms with Crippen LogP contribution in [0, 0.1) is 6.92 Å². The summed E-state index contributed by atoms with van der Waals surface area (Å²) in [6, 6.07) is 13.7. The molecule has 0 atom stereocenters. The van der Waals surface area contributed by atoms with E-state index in [-0.39, 0.29) is 11.4 Å². The van der Waals surface area contributed by atoms with Crippen molar-refractivity contribution >= 4 is 10.0 Å². The van der Waals surface area contributed by atoms with Gasteiger partial charge in [0.2, 0.25) is 10.0 Å². The SMILES string of the molecule is COc1ccc(S(=O)(=O)NCc2nnnn2-c2ccc(C)cc2)cc1. The molecule has 3 aromatic rings. The standard InChI is InChI=1S/C16H17N5O3S/c1-12-3-5-13(6-4-12)21-16(18-19-20-21)11-17-25(22,23)15-9-7-14(24-2)8-10-15/h3-10,17H,11H2,1-2H3. The highest BCUT2D eigenvalue weighted by molar-refractivity contribution is 7.89. The molecular formula is C16H17N5O3S. The molecule has 0 aliphatic heterocycles. The van der Waals surface area contributed by atoms with E-state index in [4.69, 9.17) is 4.74 Å². The van der Waals surface area contributed by atoms with Crippen LogP contribution in [0.2, 0.25) is 0 Å². The lowest BCUT2D eigenvalue weighted by molar-refractivity contribution is 0.414. The van der Waals surface area contributed by atoms with Gasteiger partial charge in [-0.15, -0.1) is 5.10 Å². The van der Waals surface area contributed by atoms with Gasteiger partial charge in [-0.2, -0.15) is 4.68 Å². The van der Waals surface area contributed by atoms with Crippen LogP contribution < -0.4 is 9.46 Å². The first kappa shape index (κ1) is 17.1. The number of aryl methyl sites for hydroxylation is 1. The van der Waals surface area contributed by atoms with Crippen molar-refractivity contribution in [2.45, 2.75) is 18.4 Å². The summed E-state index contributed by atoms with van der Waals surface area (Å²) in [5.74, 6) is 0.975. The minimum atomic E-state index is -3.68. The number of ether oxygens (including phenoxy) is 1. The molecule has 0 bridgehead atoms. The zero-order valence-corrected chi connectivity index (χ0v) is 14.6. The first-order chi connectivity index (χ1) is 12.0. The molecule has 0 saturated carbocycles. The van der Waals surface area contributed by atoms with E-state index in [9.17, 15) is 8.42 Å². The number of benzene rings is 2. The van der Waals surface area contributed by atoms with Crippen molar-refractivity contribution in [2.24, 2.45) is 0 Å². The number of nitrogens with zero attached hydrogens (tertiary/aromatic N) is 4. The third kappa shape index (κ3) is 3.83. The lowest BCUT2D eigenvalue weighted by Crippen LogP contribution is -2.25. The summed E-state index contributed by atoms with van der Waals surface area (Å²) >= 11 is 0. The van der Waals surface area contributed by atoms with Gasteiger partial charge in [-0.25, -0.2) is 13.1 Å². The average molecular weight is 359 g/mol. The Bertz CT molecular complexity index is 950. The van der Waals surface area contributed by atoms with Crippen molar-refractivity contribution in [3.8, 4) is 11.4 Å². The Morgan fingerprint density at radius 3 is 2.40 bits per heavy atom. The van der Waals surface area contributed by atoms with Crippen LogP contribution in [0.3, 0.4) is 0 Å². The van der Waals surface area contributed by atoms with Crippen LogP contribution >= 0.6 is 0 Å². The molecule has 0 saturated heterocycles. The van der Waals surface area contributed by atoms with Gasteiger partial charge in [0.05, 0.1) is 24.2 Å². The summed E-state index contributed by atoms with van der Waals surface area (Å²) in [6.45, 7) is 1.95. The van der Waals surface area contributed by atoms with Crippen molar-refractivity contribution in [3.63, 3.8) is 0 Å². The number of sulfonamides is 1. The molecule has 3 rings (SSSR count). The molecule has 0 aliphatic carbocycles. The van der Waals surface area contributed by atoms with Gasteiger partial charge in [0.15, 0.2) is 5.82 Å². The molecular weight excluding hydrogens is 342 g/mol. The van der Waals surface area contributed by atoms with E-state index in [2.05, 4.69) is 20.2 Å². The molecule has 8 nitrogen and oxygen atoms in total. The van der Waals surface area contributed by atoms with Crippen molar-refractivity contribution in [3.05, 3.63) is 59.9 Å². The third-order valence-electron chi connectivity index (χ3n) is 3.60. The molecule has 0 fully saturated rings. The Morgan fingerprint density at radius 2 is 1.76 bits per heavy atom. The van der Waals surface area contributed by atoms with E-state index >= 15 is 0 Å². The van der Waals surface area contributed by atoms with E-state index < -0.39 is 10.0 Å². The number of hydrogen-bond acceptors (Lipinski definition) is 6. The van der Waals surface area contributed by atoms with Gasteiger partial charge in [0.1, 0.15) is 5.75 Å². The quantitative estimate of drug-likeness (QED) is 0.715. The first-order valence-corrected chi connectivity index (χ1v) is 8.96. The maximum atomic E-state index is 12.4. The number of rotatable bonds is 6. The second-order valence-corrected chi connectivity index (χ2v) is 7.11. The number of nitrogens with one attached hydrogen (secondary N) is 1. The number of hydrogen-bond donors (Lipinski definition) is 1. The van der Waals surface area contributed by atoms with Gasteiger partial charge in [-0.3, -0.25) is 0 Å². The Kier molecular flexibility index (Phi) is 4.77. The zero-order valence-electron chi connectivity index (χ0n) is 13.7. The summed E-state index contributed by atoms with van der Waals surface area (Å²) in [6.07, 6.45) is 0. The Labute approximate surface area is 145 Å². The van der Waals surface area contributed by atoms with E-state index in [1.165, 1.54) is 23.9 Å². The van der Waals surface area contributed by atoms with Gasteiger partial charge in [0, 0.05) is 0 Å². The molecule has 25 heavy (non-hydrogen) atoms. The van der Waals surface area contributed by atoms with Gasteiger partial charge in [-0.05, 0) is 53.7 Å². The average Bonchev–Trinajstić information content (AvgIpc) is 3.09. The van der Waals surface area contributed by atoms with Crippen LogP contribution in [-0.4, -0.2) is 35.7 Å².